The van der Waals surface area contributed by atoms with Crippen LogP contribution in [0.25, 0.3) is 0 Å². The molecule has 15 heavy (non-hydrogen) atoms. The van der Waals surface area contributed by atoms with Crippen LogP contribution in [-0.2, 0) is 4.79 Å². The van der Waals surface area contributed by atoms with Gasteiger partial charge in [0.15, 0.2) is 11.5 Å². The molecule has 0 spiro atoms. The number of hydrogen-bond donors (Lipinski definition) is 0. The minimum atomic E-state index is -0.00281. The molecule has 0 N–H and O–H groups in total. The zero-order chi connectivity index (χ0) is 11.0. The van der Waals surface area contributed by atoms with Gasteiger partial charge in [-0.3, -0.25) is 4.79 Å². The molecule has 0 fully saturated rings. The highest BCUT2D eigenvalue weighted by Crippen LogP contribution is 2.37. The molecule has 4 heteroatoms. The predicted molar refractivity (Wildman–Crippen MR) is 56.4 cm³/mol. The summed E-state index contributed by atoms with van der Waals surface area (Å²) in [5.74, 6) is 1.44. The Hall–Kier alpha value is -1.71. The molecular formula is C11H13NO3. The molecule has 0 saturated carbocycles. The van der Waals surface area contributed by atoms with Gasteiger partial charge < -0.3 is 14.4 Å². The van der Waals surface area contributed by atoms with E-state index < -0.39 is 0 Å². The van der Waals surface area contributed by atoms with Crippen LogP contribution in [0.1, 0.15) is 12.5 Å². The van der Waals surface area contributed by atoms with E-state index in [0.717, 1.165) is 17.0 Å². The van der Waals surface area contributed by atoms with Crippen LogP contribution < -0.4 is 14.4 Å². The van der Waals surface area contributed by atoms with Gasteiger partial charge in [0.05, 0.1) is 5.69 Å². The Morgan fingerprint density at radius 2 is 1.93 bits per heavy atom. The van der Waals surface area contributed by atoms with E-state index >= 15 is 0 Å². The van der Waals surface area contributed by atoms with Crippen molar-refractivity contribution in [1.82, 2.24) is 0 Å². The normalized spacial score (nSPS) is 12.7. The lowest BCUT2D eigenvalue weighted by atomic mass is 10.1. The first-order valence-corrected chi connectivity index (χ1v) is 4.74. The second-order valence-electron chi connectivity index (χ2n) is 3.57. The van der Waals surface area contributed by atoms with Gasteiger partial charge in [0.2, 0.25) is 12.7 Å². The summed E-state index contributed by atoms with van der Waals surface area (Å²) in [7, 11) is 1.74. The second kappa shape index (κ2) is 3.46. The highest BCUT2D eigenvalue weighted by Gasteiger charge is 2.18. The van der Waals surface area contributed by atoms with Crippen molar-refractivity contribution in [2.45, 2.75) is 13.8 Å². The standard InChI is InChI=1S/C11H13NO3/c1-7-4-10-11(15-6-14-10)5-9(7)12(3)8(2)13/h4-5H,6H2,1-3H3. The summed E-state index contributed by atoms with van der Waals surface area (Å²) in [6.45, 7) is 3.72. The summed E-state index contributed by atoms with van der Waals surface area (Å²) in [6.07, 6.45) is 0. The number of anilines is 1. The van der Waals surface area contributed by atoms with Crippen LogP contribution in [0, 0.1) is 6.92 Å². The van der Waals surface area contributed by atoms with Gasteiger partial charge in [-0.05, 0) is 18.6 Å². The molecule has 0 aliphatic carbocycles. The minimum absolute atomic E-state index is 0.00281. The van der Waals surface area contributed by atoms with Crippen molar-refractivity contribution in [3.63, 3.8) is 0 Å². The predicted octanol–water partition coefficient (Wildman–Crippen LogP) is 1.71. The maximum absolute atomic E-state index is 11.3. The fourth-order valence-corrected chi connectivity index (χ4v) is 1.56. The van der Waals surface area contributed by atoms with Crippen LogP contribution >= 0.6 is 0 Å². The highest BCUT2D eigenvalue weighted by atomic mass is 16.7. The van der Waals surface area contributed by atoms with Crippen molar-refractivity contribution in [3.8, 4) is 11.5 Å². The third-order valence-electron chi connectivity index (χ3n) is 2.52. The number of amides is 1. The Balaban J connectivity index is 2.44. The summed E-state index contributed by atoms with van der Waals surface area (Å²) in [6, 6.07) is 3.72. The lowest BCUT2D eigenvalue weighted by Crippen LogP contribution is -2.23. The monoisotopic (exact) mass is 207 g/mol. The van der Waals surface area contributed by atoms with E-state index in [1.54, 1.807) is 11.9 Å². The van der Waals surface area contributed by atoms with Crippen LogP contribution in [-0.4, -0.2) is 19.7 Å². The summed E-state index contributed by atoms with van der Waals surface area (Å²) in [4.78, 5) is 12.8. The molecule has 0 aromatic heterocycles. The molecular weight excluding hydrogens is 194 g/mol. The molecule has 1 aromatic carbocycles. The molecule has 0 saturated heterocycles. The third kappa shape index (κ3) is 1.63. The maximum atomic E-state index is 11.3. The van der Waals surface area contributed by atoms with Gasteiger partial charge in [-0.1, -0.05) is 0 Å². The molecule has 1 aromatic rings. The number of rotatable bonds is 1. The average molecular weight is 207 g/mol. The average Bonchev–Trinajstić information content (AvgIpc) is 2.62. The van der Waals surface area contributed by atoms with E-state index in [1.165, 1.54) is 6.92 Å². The van der Waals surface area contributed by atoms with Crippen molar-refractivity contribution < 1.29 is 14.3 Å². The largest absolute Gasteiger partial charge is 0.454 e. The summed E-state index contributed by atoms with van der Waals surface area (Å²) in [5, 5.41) is 0. The van der Waals surface area contributed by atoms with E-state index in [9.17, 15) is 4.79 Å². The number of carbonyl (C=O) groups excluding carboxylic acids is 1. The topological polar surface area (TPSA) is 38.8 Å². The smallest absolute Gasteiger partial charge is 0.231 e. The highest BCUT2D eigenvalue weighted by molar-refractivity contribution is 5.92. The van der Waals surface area contributed by atoms with E-state index in [4.69, 9.17) is 9.47 Å². The number of ether oxygens (including phenoxy) is 2. The molecule has 1 amide bonds. The zero-order valence-corrected chi connectivity index (χ0v) is 9.03. The molecule has 1 heterocycles. The van der Waals surface area contributed by atoms with Crippen LogP contribution in [0.5, 0.6) is 11.5 Å². The van der Waals surface area contributed by atoms with Gasteiger partial charge in [0.25, 0.3) is 0 Å². The molecule has 4 nitrogen and oxygen atoms in total. The molecule has 0 atom stereocenters. The number of fused-ring (bicyclic) bond motifs is 1. The SMILES string of the molecule is CC(=O)N(C)c1cc2c(cc1C)OCO2. The lowest BCUT2D eigenvalue weighted by molar-refractivity contribution is -0.116. The van der Waals surface area contributed by atoms with Crippen molar-refractivity contribution in [3.05, 3.63) is 17.7 Å². The molecule has 2 rings (SSSR count). The van der Waals surface area contributed by atoms with Crippen LogP contribution in [0.2, 0.25) is 0 Å². The third-order valence-corrected chi connectivity index (χ3v) is 2.52. The van der Waals surface area contributed by atoms with Crippen LogP contribution in [0.4, 0.5) is 5.69 Å². The van der Waals surface area contributed by atoms with E-state index in [0.29, 0.717) is 5.75 Å². The van der Waals surface area contributed by atoms with Crippen molar-refractivity contribution in [2.24, 2.45) is 0 Å². The fourth-order valence-electron chi connectivity index (χ4n) is 1.56. The minimum Gasteiger partial charge on any atom is -0.454 e. The first kappa shape index (κ1) is 9.83. The number of nitrogens with zero attached hydrogens (tertiary/aromatic N) is 1. The zero-order valence-electron chi connectivity index (χ0n) is 9.03. The maximum Gasteiger partial charge on any atom is 0.231 e. The summed E-state index contributed by atoms with van der Waals surface area (Å²) < 4.78 is 10.5. The Morgan fingerprint density at radius 3 is 2.53 bits per heavy atom. The van der Waals surface area contributed by atoms with E-state index in [-0.39, 0.29) is 12.7 Å². The number of aryl methyl sites for hydroxylation is 1. The molecule has 0 bridgehead atoms. The quantitative estimate of drug-likeness (QED) is 0.703. The summed E-state index contributed by atoms with van der Waals surface area (Å²) in [5.41, 5.74) is 1.85. The molecule has 0 radical (unpaired) electrons. The first-order valence-electron chi connectivity index (χ1n) is 4.74. The molecule has 80 valence electrons. The fraction of sp³-hybridized carbons (Fsp3) is 0.364. The number of benzene rings is 1. The van der Waals surface area contributed by atoms with Gasteiger partial charge >= 0.3 is 0 Å². The van der Waals surface area contributed by atoms with Crippen LogP contribution in [0.15, 0.2) is 12.1 Å². The Morgan fingerprint density at radius 1 is 1.33 bits per heavy atom. The molecule has 1 aliphatic heterocycles. The van der Waals surface area contributed by atoms with Gasteiger partial charge in [0.1, 0.15) is 0 Å². The van der Waals surface area contributed by atoms with Gasteiger partial charge in [-0.15, -0.1) is 0 Å². The Kier molecular flexibility index (Phi) is 2.26. The van der Waals surface area contributed by atoms with Gasteiger partial charge in [-0.2, -0.15) is 0 Å². The molecule has 1 aliphatic rings. The summed E-state index contributed by atoms with van der Waals surface area (Å²) >= 11 is 0. The van der Waals surface area contributed by atoms with Gasteiger partial charge in [0, 0.05) is 20.0 Å². The van der Waals surface area contributed by atoms with E-state index in [2.05, 4.69) is 0 Å². The lowest BCUT2D eigenvalue weighted by Gasteiger charge is -2.17. The number of hydrogen-bond acceptors (Lipinski definition) is 3. The second-order valence-corrected chi connectivity index (χ2v) is 3.57. The number of carbonyl (C=O) groups is 1. The molecule has 0 unspecified atom stereocenters. The van der Waals surface area contributed by atoms with Crippen molar-refractivity contribution >= 4 is 11.6 Å². The van der Waals surface area contributed by atoms with Gasteiger partial charge in [-0.25, -0.2) is 0 Å². The Bertz CT molecular complexity index is 415. The van der Waals surface area contributed by atoms with Crippen LogP contribution in [0.3, 0.4) is 0 Å². The first-order chi connectivity index (χ1) is 7.09. The Labute approximate surface area is 88.4 Å². The van der Waals surface area contributed by atoms with E-state index in [1.807, 2.05) is 19.1 Å². The van der Waals surface area contributed by atoms with Crippen molar-refractivity contribution in [1.29, 1.82) is 0 Å². The van der Waals surface area contributed by atoms with Crippen molar-refractivity contribution in [2.75, 3.05) is 18.7 Å².